The second-order valence-corrected chi connectivity index (χ2v) is 4.21. The van der Waals surface area contributed by atoms with Crippen molar-refractivity contribution < 1.29 is 22.0 Å². The molecular formula is C12H14F5N. The molecule has 0 heterocycles. The fourth-order valence-corrected chi connectivity index (χ4v) is 1.60. The molecule has 1 N–H and O–H groups in total. The second kappa shape index (κ2) is 6.02. The molecule has 6 heteroatoms. The third-order valence-corrected chi connectivity index (χ3v) is 2.37. The first-order valence-corrected chi connectivity index (χ1v) is 5.55. The van der Waals surface area contributed by atoms with Crippen LogP contribution in [0.5, 0.6) is 0 Å². The van der Waals surface area contributed by atoms with Crippen LogP contribution in [0, 0.1) is 11.6 Å². The summed E-state index contributed by atoms with van der Waals surface area (Å²) in [5, 5.41) is 2.76. The third-order valence-electron chi connectivity index (χ3n) is 2.37. The van der Waals surface area contributed by atoms with E-state index < -0.39 is 24.2 Å². The van der Waals surface area contributed by atoms with Crippen molar-refractivity contribution in [2.75, 3.05) is 5.32 Å². The Bertz CT molecular complexity index is 368. The SMILES string of the molecule is CC(CCCC(F)(F)F)Nc1cc(F)cc(F)c1. The van der Waals surface area contributed by atoms with Crippen molar-refractivity contribution in [2.24, 2.45) is 0 Å². The summed E-state index contributed by atoms with van der Waals surface area (Å²) in [5.41, 5.74) is 0.229. The Morgan fingerprint density at radius 1 is 1.11 bits per heavy atom. The van der Waals surface area contributed by atoms with Crippen LogP contribution in [0.1, 0.15) is 26.2 Å². The molecule has 0 aliphatic heterocycles. The molecule has 0 amide bonds. The average molecular weight is 267 g/mol. The highest BCUT2D eigenvalue weighted by Gasteiger charge is 2.26. The predicted octanol–water partition coefficient (Wildman–Crippen LogP) is 4.50. The normalized spacial score (nSPS) is 13.4. The largest absolute Gasteiger partial charge is 0.389 e. The summed E-state index contributed by atoms with van der Waals surface area (Å²) in [7, 11) is 0. The average Bonchev–Trinajstić information content (AvgIpc) is 2.12. The van der Waals surface area contributed by atoms with Gasteiger partial charge in [0.25, 0.3) is 0 Å². The van der Waals surface area contributed by atoms with Crippen molar-refractivity contribution in [2.45, 2.75) is 38.4 Å². The first-order chi connectivity index (χ1) is 8.26. The first-order valence-electron chi connectivity index (χ1n) is 5.55. The van der Waals surface area contributed by atoms with Gasteiger partial charge in [-0.05, 0) is 31.9 Å². The summed E-state index contributed by atoms with van der Waals surface area (Å²) in [6.45, 7) is 1.67. The van der Waals surface area contributed by atoms with Crippen LogP contribution >= 0.6 is 0 Å². The van der Waals surface area contributed by atoms with Gasteiger partial charge in [-0.3, -0.25) is 0 Å². The van der Waals surface area contributed by atoms with Crippen LogP contribution in [0.2, 0.25) is 0 Å². The zero-order chi connectivity index (χ0) is 13.8. The van der Waals surface area contributed by atoms with E-state index in [1.807, 2.05) is 0 Å². The molecule has 1 rings (SSSR count). The van der Waals surface area contributed by atoms with Gasteiger partial charge in [0.2, 0.25) is 0 Å². The molecule has 1 unspecified atom stereocenters. The van der Waals surface area contributed by atoms with E-state index in [1.54, 1.807) is 6.92 Å². The fraction of sp³-hybridized carbons (Fsp3) is 0.500. The highest BCUT2D eigenvalue weighted by molar-refractivity contribution is 5.44. The van der Waals surface area contributed by atoms with E-state index in [-0.39, 0.29) is 24.6 Å². The Morgan fingerprint density at radius 3 is 2.17 bits per heavy atom. The fourth-order valence-electron chi connectivity index (χ4n) is 1.60. The quantitative estimate of drug-likeness (QED) is 0.774. The van der Waals surface area contributed by atoms with Crippen molar-refractivity contribution in [1.29, 1.82) is 0 Å². The summed E-state index contributed by atoms with van der Waals surface area (Å²) in [6, 6.07) is 2.65. The standard InChI is InChI=1S/C12H14F5N/c1-8(3-2-4-12(15,16)17)18-11-6-9(13)5-10(14)7-11/h5-8,18H,2-4H2,1H3. The zero-order valence-corrected chi connectivity index (χ0v) is 9.82. The summed E-state index contributed by atoms with van der Waals surface area (Å²) in [4.78, 5) is 0. The molecule has 0 aliphatic carbocycles. The Morgan fingerprint density at radius 2 is 1.67 bits per heavy atom. The number of anilines is 1. The molecule has 0 aliphatic rings. The van der Waals surface area contributed by atoms with Crippen LogP contribution in [0.4, 0.5) is 27.6 Å². The predicted molar refractivity (Wildman–Crippen MR) is 59.3 cm³/mol. The number of rotatable bonds is 5. The van der Waals surface area contributed by atoms with Crippen molar-refractivity contribution in [3.05, 3.63) is 29.8 Å². The molecule has 102 valence electrons. The number of hydrogen-bond acceptors (Lipinski definition) is 1. The molecule has 18 heavy (non-hydrogen) atoms. The van der Waals surface area contributed by atoms with Crippen LogP contribution in [0.25, 0.3) is 0 Å². The van der Waals surface area contributed by atoms with Gasteiger partial charge < -0.3 is 5.32 Å². The van der Waals surface area contributed by atoms with Gasteiger partial charge in [-0.2, -0.15) is 13.2 Å². The number of hydrogen-bond donors (Lipinski definition) is 1. The maximum Gasteiger partial charge on any atom is 0.389 e. The van der Waals surface area contributed by atoms with E-state index in [9.17, 15) is 22.0 Å². The summed E-state index contributed by atoms with van der Waals surface area (Å²) in [5.74, 6) is -1.44. The van der Waals surface area contributed by atoms with Crippen LogP contribution in [0.15, 0.2) is 18.2 Å². The molecule has 1 aromatic carbocycles. The topological polar surface area (TPSA) is 12.0 Å². The van der Waals surface area contributed by atoms with Gasteiger partial charge in [0.1, 0.15) is 11.6 Å². The van der Waals surface area contributed by atoms with Gasteiger partial charge in [0, 0.05) is 24.2 Å². The number of nitrogens with one attached hydrogen (secondary N) is 1. The van der Waals surface area contributed by atoms with Crippen molar-refractivity contribution >= 4 is 5.69 Å². The Kier molecular flexibility index (Phi) is 4.93. The van der Waals surface area contributed by atoms with Crippen molar-refractivity contribution in [1.82, 2.24) is 0 Å². The van der Waals surface area contributed by atoms with Gasteiger partial charge in [0.05, 0.1) is 0 Å². The minimum atomic E-state index is -4.16. The summed E-state index contributed by atoms with van der Waals surface area (Å²) < 4.78 is 61.5. The Hall–Kier alpha value is -1.33. The summed E-state index contributed by atoms with van der Waals surface area (Å²) in [6.07, 6.45) is -4.76. The van der Waals surface area contributed by atoms with E-state index in [0.29, 0.717) is 0 Å². The monoisotopic (exact) mass is 267 g/mol. The maximum atomic E-state index is 12.9. The molecule has 1 atom stereocenters. The molecular weight excluding hydrogens is 253 g/mol. The van der Waals surface area contributed by atoms with Crippen LogP contribution in [-0.4, -0.2) is 12.2 Å². The Balaban J connectivity index is 2.42. The van der Waals surface area contributed by atoms with Gasteiger partial charge in [-0.25, -0.2) is 8.78 Å². The van der Waals surface area contributed by atoms with E-state index in [0.717, 1.165) is 18.2 Å². The maximum absolute atomic E-state index is 12.9. The number of benzene rings is 1. The van der Waals surface area contributed by atoms with Gasteiger partial charge in [-0.15, -0.1) is 0 Å². The van der Waals surface area contributed by atoms with Crippen molar-refractivity contribution in [3.63, 3.8) is 0 Å². The zero-order valence-electron chi connectivity index (χ0n) is 9.82. The van der Waals surface area contributed by atoms with Gasteiger partial charge in [0.15, 0.2) is 0 Å². The highest BCUT2D eigenvalue weighted by Crippen LogP contribution is 2.23. The Labute approximate surface area is 102 Å². The first kappa shape index (κ1) is 14.7. The lowest BCUT2D eigenvalue weighted by atomic mass is 10.1. The lowest BCUT2D eigenvalue weighted by Crippen LogP contribution is -2.17. The molecule has 0 saturated heterocycles. The highest BCUT2D eigenvalue weighted by atomic mass is 19.4. The van der Waals surface area contributed by atoms with E-state index in [2.05, 4.69) is 5.32 Å². The molecule has 0 bridgehead atoms. The minimum Gasteiger partial charge on any atom is -0.382 e. The van der Waals surface area contributed by atoms with E-state index in [1.165, 1.54) is 0 Å². The van der Waals surface area contributed by atoms with Crippen LogP contribution in [0.3, 0.4) is 0 Å². The van der Waals surface area contributed by atoms with Crippen LogP contribution in [-0.2, 0) is 0 Å². The van der Waals surface area contributed by atoms with E-state index >= 15 is 0 Å². The molecule has 0 saturated carbocycles. The van der Waals surface area contributed by atoms with Gasteiger partial charge >= 0.3 is 6.18 Å². The molecule has 0 radical (unpaired) electrons. The summed E-state index contributed by atoms with van der Waals surface area (Å²) >= 11 is 0. The smallest absolute Gasteiger partial charge is 0.382 e. The number of halogens is 5. The number of alkyl halides is 3. The lowest BCUT2D eigenvalue weighted by Gasteiger charge is -2.15. The van der Waals surface area contributed by atoms with Crippen LogP contribution < -0.4 is 5.32 Å². The molecule has 0 spiro atoms. The van der Waals surface area contributed by atoms with Crippen molar-refractivity contribution in [3.8, 4) is 0 Å². The molecule has 1 aromatic rings. The molecule has 0 aromatic heterocycles. The minimum absolute atomic E-state index is 0.0184. The molecule has 1 nitrogen and oxygen atoms in total. The lowest BCUT2D eigenvalue weighted by molar-refractivity contribution is -0.135. The second-order valence-electron chi connectivity index (χ2n) is 4.21. The molecule has 0 fully saturated rings. The third kappa shape index (κ3) is 5.84. The van der Waals surface area contributed by atoms with E-state index in [4.69, 9.17) is 0 Å². The van der Waals surface area contributed by atoms with Gasteiger partial charge in [-0.1, -0.05) is 0 Å².